The minimum atomic E-state index is -0.221. The first-order chi connectivity index (χ1) is 16.3. The summed E-state index contributed by atoms with van der Waals surface area (Å²) < 4.78 is 5.41. The molecule has 1 atom stereocenters. The maximum atomic E-state index is 12.0. The van der Waals surface area contributed by atoms with Gasteiger partial charge in [-0.05, 0) is 50.1 Å². The van der Waals surface area contributed by atoms with E-state index in [1.165, 1.54) is 95.6 Å². The van der Waals surface area contributed by atoms with E-state index in [1.54, 1.807) is 12.1 Å². The molecule has 0 amide bonds. The fourth-order valence-corrected chi connectivity index (χ4v) is 5.52. The Kier molecular flexibility index (Phi) is 20.7. The number of rotatable bonds is 23. The van der Waals surface area contributed by atoms with Crippen molar-refractivity contribution in [2.75, 3.05) is 18.9 Å². The fourth-order valence-electron chi connectivity index (χ4n) is 4.18. The number of hydrogen-bond acceptors (Lipinski definition) is 4. The van der Waals surface area contributed by atoms with Gasteiger partial charge in [0.25, 0.3) is 0 Å². The summed E-state index contributed by atoms with van der Waals surface area (Å²) in [6.07, 6.45) is 22.7. The summed E-state index contributed by atoms with van der Waals surface area (Å²) in [7, 11) is 0. The largest absolute Gasteiger partial charge is 0.462 e. The minimum absolute atomic E-state index is 0.221. The van der Waals surface area contributed by atoms with Gasteiger partial charge in [-0.3, -0.25) is 0 Å². The lowest BCUT2D eigenvalue weighted by Gasteiger charge is -2.15. The van der Waals surface area contributed by atoms with Crippen molar-refractivity contribution in [3.05, 3.63) is 35.9 Å². The van der Waals surface area contributed by atoms with Crippen molar-refractivity contribution in [1.82, 2.24) is 0 Å². The van der Waals surface area contributed by atoms with E-state index in [0.717, 1.165) is 25.8 Å². The molecule has 190 valence electrons. The lowest BCUT2D eigenvalue weighted by atomic mass is 10.0. The summed E-state index contributed by atoms with van der Waals surface area (Å²) in [6, 6.07) is 9.23. The summed E-state index contributed by atoms with van der Waals surface area (Å²) in [5, 5.41) is 0.590. The van der Waals surface area contributed by atoms with E-state index in [-0.39, 0.29) is 5.97 Å². The molecule has 0 aliphatic carbocycles. The van der Waals surface area contributed by atoms with Gasteiger partial charge >= 0.3 is 5.97 Å². The van der Waals surface area contributed by atoms with Crippen molar-refractivity contribution in [2.45, 2.75) is 121 Å². The highest BCUT2D eigenvalue weighted by atomic mass is 32.2. The summed E-state index contributed by atoms with van der Waals surface area (Å²) in [6.45, 7) is 3.52. The van der Waals surface area contributed by atoms with E-state index < -0.39 is 0 Å². The Morgan fingerprint density at radius 3 is 1.88 bits per heavy atom. The van der Waals surface area contributed by atoms with Gasteiger partial charge in [0.2, 0.25) is 0 Å². The van der Waals surface area contributed by atoms with Crippen LogP contribution in [0.4, 0.5) is 0 Å². The van der Waals surface area contributed by atoms with E-state index in [0.29, 0.717) is 17.4 Å². The van der Waals surface area contributed by atoms with Crippen LogP contribution in [0, 0.1) is 0 Å². The molecule has 3 nitrogen and oxygen atoms in total. The number of esters is 1. The highest BCUT2D eigenvalue weighted by Gasteiger charge is 2.10. The van der Waals surface area contributed by atoms with Crippen molar-refractivity contribution < 1.29 is 9.53 Å². The van der Waals surface area contributed by atoms with Gasteiger partial charge in [0.05, 0.1) is 12.2 Å². The number of unbranched alkanes of at least 4 members (excludes halogenated alkanes) is 13. The first kappa shape index (κ1) is 30.0. The van der Waals surface area contributed by atoms with Gasteiger partial charge in [-0.1, -0.05) is 109 Å². The number of thioether (sulfide) groups is 1. The molecule has 1 aromatic rings. The molecule has 0 fully saturated rings. The monoisotopic (exact) mass is 477 g/mol. The average Bonchev–Trinajstić information content (AvgIpc) is 2.84. The lowest BCUT2D eigenvalue weighted by molar-refractivity contribution is 0.0498. The third kappa shape index (κ3) is 18.1. The number of carbonyl (C=O) groups is 1. The predicted molar refractivity (Wildman–Crippen MR) is 146 cm³/mol. The van der Waals surface area contributed by atoms with Crippen molar-refractivity contribution in [3.8, 4) is 0 Å². The molecule has 0 radical (unpaired) electrons. The lowest BCUT2D eigenvalue weighted by Crippen LogP contribution is -2.13. The average molecular weight is 478 g/mol. The summed E-state index contributed by atoms with van der Waals surface area (Å²) in [4.78, 5) is 12.0. The Bertz CT molecular complexity index is 552. The number of ether oxygens (including phenoxy) is 1. The third-order valence-electron chi connectivity index (χ3n) is 6.25. The molecular formula is C29H51NO2S. The van der Waals surface area contributed by atoms with E-state index in [2.05, 4.69) is 18.7 Å². The van der Waals surface area contributed by atoms with Crippen LogP contribution in [-0.2, 0) is 4.74 Å². The highest BCUT2D eigenvalue weighted by molar-refractivity contribution is 7.99. The van der Waals surface area contributed by atoms with Crippen LogP contribution in [0.25, 0.3) is 0 Å². The van der Waals surface area contributed by atoms with Gasteiger partial charge in [-0.25, -0.2) is 4.79 Å². The molecule has 0 aliphatic rings. The van der Waals surface area contributed by atoms with Crippen molar-refractivity contribution in [1.29, 1.82) is 0 Å². The molecule has 0 heterocycles. The smallest absolute Gasteiger partial charge is 0.338 e. The summed E-state index contributed by atoms with van der Waals surface area (Å²) in [5.74, 6) is 1.01. The molecule has 0 saturated heterocycles. The summed E-state index contributed by atoms with van der Waals surface area (Å²) >= 11 is 2.07. The van der Waals surface area contributed by atoms with E-state index in [4.69, 9.17) is 10.5 Å². The van der Waals surface area contributed by atoms with Crippen LogP contribution >= 0.6 is 11.8 Å². The maximum Gasteiger partial charge on any atom is 0.338 e. The minimum Gasteiger partial charge on any atom is -0.462 e. The van der Waals surface area contributed by atoms with Crippen LogP contribution in [0.2, 0.25) is 0 Å². The van der Waals surface area contributed by atoms with Crippen LogP contribution in [0.3, 0.4) is 0 Å². The van der Waals surface area contributed by atoms with E-state index in [9.17, 15) is 4.79 Å². The molecule has 4 heteroatoms. The normalized spacial score (nSPS) is 12.1. The molecule has 0 aliphatic heterocycles. The maximum absolute atomic E-state index is 12.0. The fraction of sp³-hybridized carbons (Fsp3) is 0.759. The number of hydrogen-bond donors (Lipinski definition) is 1. The topological polar surface area (TPSA) is 52.3 Å². The molecule has 1 rings (SSSR count). The van der Waals surface area contributed by atoms with Crippen LogP contribution in [-0.4, -0.2) is 30.1 Å². The van der Waals surface area contributed by atoms with Crippen LogP contribution in [0.5, 0.6) is 0 Å². The second-order valence-electron chi connectivity index (χ2n) is 9.31. The Hall–Kier alpha value is -1.00. The predicted octanol–water partition coefficient (Wildman–Crippen LogP) is 8.56. The Morgan fingerprint density at radius 1 is 0.788 bits per heavy atom. The van der Waals surface area contributed by atoms with Crippen molar-refractivity contribution in [3.63, 3.8) is 0 Å². The zero-order chi connectivity index (χ0) is 23.8. The second-order valence-corrected chi connectivity index (χ2v) is 10.7. The first-order valence-corrected chi connectivity index (χ1v) is 14.9. The Morgan fingerprint density at radius 2 is 1.33 bits per heavy atom. The van der Waals surface area contributed by atoms with Gasteiger partial charge in [-0.2, -0.15) is 11.8 Å². The zero-order valence-electron chi connectivity index (χ0n) is 21.4. The summed E-state index contributed by atoms with van der Waals surface area (Å²) in [5.41, 5.74) is 6.44. The quantitative estimate of drug-likeness (QED) is 0.127. The molecule has 0 aromatic heterocycles. The molecule has 33 heavy (non-hydrogen) atoms. The molecule has 0 saturated carbocycles. The van der Waals surface area contributed by atoms with Crippen LogP contribution < -0.4 is 5.73 Å². The van der Waals surface area contributed by atoms with Gasteiger partial charge in [0.1, 0.15) is 0 Å². The Labute approximate surface area is 209 Å². The van der Waals surface area contributed by atoms with Gasteiger partial charge in [0, 0.05) is 5.25 Å². The SMILES string of the molecule is CCCCCCCCCCCCCCCCSC(CCN)CCCOC(=O)c1ccccc1. The number of benzene rings is 1. The molecular weight excluding hydrogens is 426 g/mol. The highest BCUT2D eigenvalue weighted by Crippen LogP contribution is 2.22. The van der Waals surface area contributed by atoms with Gasteiger partial charge < -0.3 is 10.5 Å². The van der Waals surface area contributed by atoms with Crippen molar-refractivity contribution in [2.24, 2.45) is 5.73 Å². The zero-order valence-corrected chi connectivity index (χ0v) is 22.2. The molecule has 0 spiro atoms. The van der Waals surface area contributed by atoms with Crippen LogP contribution in [0.1, 0.15) is 126 Å². The first-order valence-electron chi connectivity index (χ1n) is 13.8. The Balaban J connectivity index is 1.92. The van der Waals surface area contributed by atoms with Crippen molar-refractivity contribution >= 4 is 17.7 Å². The number of carbonyl (C=O) groups excluding carboxylic acids is 1. The second kappa shape index (κ2) is 22.8. The molecule has 2 N–H and O–H groups in total. The molecule has 1 aromatic carbocycles. The molecule has 0 bridgehead atoms. The van der Waals surface area contributed by atoms with Gasteiger partial charge in [0.15, 0.2) is 0 Å². The van der Waals surface area contributed by atoms with E-state index in [1.807, 2.05) is 18.2 Å². The number of nitrogens with two attached hydrogens (primary N) is 1. The van der Waals surface area contributed by atoms with Gasteiger partial charge in [-0.15, -0.1) is 0 Å². The van der Waals surface area contributed by atoms with Crippen LogP contribution in [0.15, 0.2) is 30.3 Å². The molecule has 1 unspecified atom stereocenters. The van der Waals surface area contributed by atoms with E-state index >= 15 is 0 Å². The standard InChI is InChI=1S/C29H51NO2S/c1-2-3-4-5-6-7-8-9-10-11-12-13-14-18-26-33-28(23-24-30)22-19-25-32-29(31)27-20-16-15-17-21-27/h15-17,20-21,28H,2-14,18-19,22-26,30H2,1H3. The third-order valence-corrected chi connectivity index (χ3v) is 7.72.